The van der Waals surface area contributed by atoms with E-state index in [9.17, 15) is 0 Å². The third-order valence-electron chi connectivity index (χ3n) is 18.5. The fourth-order valence-corrected chi connectivity index (χ4v) is 22.5. The number of hydrogen-bond acceptors (Lipinski definition) is 3. The molecule has 0 saturated carbocycles. The Kier molecular flexibility index (Phi) is 21.9. The average molecular weight is 1270 g/mol. The van der Waals surface area contributed by atoms with Crippen LogP contribution in [0.15, 0.2) is 297 Å². The summed E-state index contributed by atoms with van der Waals surface area (Å²) in [5.41, 5.74) is 20.5. The highest BCUT2D eigenvalue weighted by Gasteiger charge is 2.61. The first-order valence-corrected chi connectivity index (χ1v) is 40.1. The first kappa shape index (κ1) is 68.3. The molecule has 11 aromatic rings. The zero-order chi connectivity index (χ0) is 66.5. The van der Waals surface area contributed by atoms with Gasteiger partial charge in [0.1, 0.15) is 5.54 Å². The summed E-state index contributed by atoms with van der Waals surface area (Å²) < 4.78 is 11.2. The van der Waals surface area contributed by atoms with E-state index < -0.39 is 22.5 Å². The maximum atomic E-state index is 8.41. The molecule has 0 saturated heterocycles. The molecule has 94 heavy (non-hydrogen) atoms. The van der Waals surface area contributed by atoms with Crippen molar-refractivity contribution in [3.8, 4) is 0 Å². The highest BCUT2D eigenvalue weighted by Crippen LogP contribution is 2.62. The molecular formula is C89H100N2OSi2. The lowest BCUT2D eigenvalue weighted by molar-refractivity contribution is 0.481. The maximum Gasteiger partial charge on any atom is 0.286 e. The Balaban J connectivity index is 0.000000668. The Labute approximate surface area is 567 Å². The lowest BCUT2D eigenvalue weighted by atomic mass is 9.66. The third-order valence-corrected chi connectivity index (χ3v) is 25.0. The molecule has 1 N–H and O–H groups in total. The molecule has 0 unspecified atom stereocenters. The van der Waals surface area contributed by atoms with E-state index in [0.717, 1.165) is 5.69 Å². The molecule has 1 aliphatic heterocycles. The SMILES string of the molecule is CC(C)(C)c1cc(C(c2ccccc2)c2ccccc2)c(N[Si](C)(C)O[Si](C)(C)N2c3c(C(c4ccccc4)c4ccccc4)cc(C(C)(C)C)cc3C2(c2ccccc2)c2ccccc2)c(C(c2ccccc2)c2ccccc2)c1.CCCCCC.Cc1ccccc1. The molecule has 5 heteroatoms. The van der Waals surface area contributed by atoms with Gasteiger partial charge < -0.3 is 13.7 Å². The van der Waals surface area contributed by atoms with Crippen molar-refractivity contribution < 1.29 is 4.12 Å². The number of fused-ring (bicyclic) bond motifs is 1. The summed E-state index contributed by atoms with van der Waals surface area (Å²) in [5, 5.41) is 0. The van der Waals surface area contributed by atoms with Crippen LogP contribution in [0.5, 0.6) is 0 Å². The van der Waals surface area contributed by atoms with Crippen LogP contribution in [0.25, 0.3) is 0 Å². The van der Waals surface area contributed by atoms with E-state index in [1.165, 1.54) is 115 Å². The first-order chi connectivity index (χ1) is 45.3. The van der Waals surface area contributed by atoms with Crippen molar-refractivity contribution in [2.24, 2.45) is 0 Å². The molecule has 0 bridgehead atoms. The van der Waals surface area contributed by atoms with Gasteiger partial charge in [0, 0.05) is 34.7 Å². The zero-order valence-electron chi connectivity index (χ0n) is 58.2. The average Bonchev–Trinajstić information content (AvgIpc) is 0.665. The van der Waals surface area contributed by atoms with Crippen molar-refractivity contribution in [3.63, 3.8) is 0 Å². The van der Waals surface area contributed by atoms with Crippen molar-refractivity contribution in [3.05, 3.63) is 381 Å². The normalized spacial score (nSPS) is 12.9. The summed E-state index contributed by atoms with van der Waals surface area (Å²) in [6, 6.07) is 110. The fraction of sp³-hybridized carbons (Fsp3) is 0.258. The quantitative estimate of drug-likeness (QED) is 0.0496. The second kappa shape index (κ2) is 30.2. The summed E-state index contributed by atoms with van der Waals surface area (Å²) in [6.07, 6.45) is 5.54. The lowest BCUT2D eigenvalue weighted by Crippen LogP contribution is -2.71. The van der Waals surface area contributed by atoms with Crippen molar-refractivity contribution >= 4 is 28.3 Å². The van der Waals surface area contributed by atoms with Crippen LogP contribution in [0.2, 0.25) is 26.2 Å². The molecule has 11 aromatic carbocycles. The van der Waals surface area contributed by atoms with Gasteiger partial charge in [0.25, 0.3) is 17.0 Å². The Bertz CT molecular complexity index is 3830. The zero-order valence-corrected chi connectivity index (χ0v) is 60.2. The Hall–Kier alpha value is -8.59. The van der Waals surface area contributed by atoms with Crippen LogP contribution in [-0.2, 0) is 20.5 Å². The standard InChI is InChI=1S/C76H78N2OSi2.C7H8.C6H14/c1-74(2,3)63-51-65(69(55-35-19-11-20-36-55)56-37-21-12-22-38-56)72(66(52-63)70(57-39-23-13-24-40-57)58-41-25-14-26-42-58)77-80(7,8)79-81(9,10)78-73-67(71(59-43-27-15-28-44-59)60-45-29-16-30-46-60)53-64(75(4,5)6)54-68(73)76(78,61-47-31-17-32-48-61)62-49-33-18-34-50-62;1-7-5-3-2-4-6-7;1-3-5-6-4-2/h11-54,69-71,77H,1-10H3;2-6H,1H3;3-6H2,1-2H3. The Morgan fingerprint density at radius 3 is 0.947 bits per heavy atom. The number of rotatable bonds is 19. The molecule has 0 atom stereocenters. The topological polar surface area (TPSA) is 24.5 Å². The highest BCUT2D eigenvalue weighted by atomic mass is 28.4. The number of benzene rings is 11. The smallest absolute Gasteiger partial charge is 0.286 e. The van der Waals surface area contributed by atoms with E-state index in [1.807, 2.05) is 18.2 Å². The Morgan fingerprint density at radius 1 is 0.383 bits per heavy atom. The van der Waals surface area contributed by atoms with Gasteiger partial charge in [0.05, 0.1) is 0 Å². The molecule has 12 rings (SSSR count). The molecule has 480 valence electrons. The van der Waals surface area contributed by atoms with Gasteiger partial charge in [-0.15, -0.1) is 0 Å². The predicted octanol–water partition coefficient (Wildman–Crippen LogP) is 24.0. The number of nitrogens with zero attached hydrogens (tertiary/aromatic N) is 1. The Morgan fingerprint density at radius 2 is 0.660 bits per heavy atom. The molecular weight excluding hydrogens is 1170 g/mol. The van der Waals surface area contributed by atoms with Gasteiger partial charge in [0.15, 0.2) is 0 Å². The van der Waals surface area contributed by atoms with Gasteiger partial charge in [-0.2, -0.15) is 0 Å². The highest BCUT2D eigenvalue weighted by molar-refractivity contribution is 6.88. The molecule has 0 amide bonds. The minimum absolute atomic E-state index is 0.0454. The van der Waals surface area contributed by atoms with E-state index in [4.69, 9.17) is 4.12 Å². The summed E-state index contributed by atoms with van der Waals surface area (Å²) >= 11 is 0. The minimum atomic E-state index is -3.16. The molecule has 0 radical (unpaired) electrons. The van der Waals surface area contributed by atoms with Crippen LogP contribution < -0.4 is 9.55 Å². The van der Waals surface area contributed by atoms with Crippen LogP contribution in [0.3, 0.4) is 0 Å². The summed E-state index contributed by atoms with van der Waals surface area (Å²) in [4.78, 5) is 4.51. The van der Waals surface area contributed by atoms with Gasteiger partial charge in [-0.3, -0.25) is 0 Å². The van der Waals surface area contributed by atoms with Gasteiger partial charge >= 0.3 is 0 Å². The van der Waals surface area contributed by atoms with Crippen LogP contribution in [-0.4, -0.2) is 17.0 Å². The van der Waals surface area contributed by atoms with Gasteiger partial charge in [-0.25, -0.2) is 0 Å². The van der Waals surface area contributed by atoms with E-state index in [0.29, 0.717) is 0 Å². The van der Waals surface area contributed by atoms with E-state index in [-0.39, 0.29) is 28.6 Å². The van der Waals surface area contributed by atoms with Gasteiger partial charge in [0.2, 0.25) is 0 Å². The third kappa shape index (κ3) is 15.5. The first-order valence-electron chi connectivity index (χ1n) is 34.3. The largest absolute Gasteiger partial charge is 0.424 e. The monoisotopic (exact) mass is 1270 g/mol. The van der Waals surface area contributed by atoms with Crippen molar-refractivity contribution in [1.82, 2.24) is 0 Å². The molecule has 1 heterocycles. The maximum absolute atomic E-state index is 8.41. The van der Waals surface area contributed by atoms with Crippen LogP contribution >= 0.6 is 0 Å². The summed E-state index contributed by atoms with van der Waals surface area (Å²) in [7, 11) is -6.23. The second-order valence-electron chi connectivity index (χ2n) is 28.6. The summed E-state index contributed by atoms with van der Waals surface area (Å²) in [6.45, 7) is 30.4. The molecule has 0 spiro atoms. The van der Waals surface area contributed by atoms with Crippen molar-refractivity contribution in [2.45, 2.75) is 148 Å². The number of hydrogen-bond donors (Lipinski definition) is 1. The molecule has 0 fully saturated rings. The van der Waals surface area contributed by atoms with Gasteiger partial charge in [-0.05, 0) is 116 Å². The number of aryl methyl sites for hydroxylation is 1. The van der Waals surface area contributed by atoms with E-state index in [2.05, 4.69) is 377 Å². The van der Waals surface area contributed by atoms with Crippen molar-refractivity contribution in [1.29, 1.82) is 0 Å². The lowest BCUT2D eigenvalue weighted by Gasteiger charge is -2.63. The van der Waals surface area contributed by atoms with Crippen molar-refractivity contribution in [2.75, 3.05) is 9.55 Å². The molecule has 1 aliphatic rings. The van der Waals surface area contributed by atoms with Gasteiger partial charge in [-0.1, -0.05) is 384 Å². The number of unbranched alkanes of at least 4 members (excludes halogenated alkanes) is 3. The predicted molar refractivity (Wildman–Crippen MR) is 408 cm³/mol. The number of nitrogens with one attached hydrogen (secondary N) is 1. The van der Waals surface area contributed by atoms with E-state index in [1.54, 1.807) is 0 Å². The second-order valence-corrected chi connectivity index (χ2v) is 36.0. The van der Waals surface area contributed by atoms with Crippen LogP contribution in [0.1, 0.15) is 182 Å². The number of anilines is 2. The van der Waals surface area contributed by atoms with E-state index >= 15 is 0 Å². The molecule has 3 nitrogen and oxygen atoms in total. The van der Waals surface area contributed by atoms with Crippen LogP contribution in [0.4, 0.5) is 11.4 Å². The minimum Gasteiger partial charge on any atom is -0.424 e. The van der Waals surface area contributed by atoms with Crippen LogP contribution in [0, 0.1) is 6.92 Å². The molecule has 0 aromatic heterocycles. The fourth-order valence-electron chi connectivity index (χ4n) is 14.1. The molecule has 0 aliphatic carbocycles. The summed E-state index contributed by atoms with van der Waals surface area (Å²) in [5.74, 6) is -0.218.